The highest BCUT2D eigenvalue weighted by Gasteiger charge is 2.11. The molecule has 17 heavy (non-hydrogen) atoms. The fourth-order valence-corrected chi connectivity index (χ4v) is 2.45. The molecule has 0 bridgehead atoms. The molecule has 3 heteroatoms. The van der Waals surface area contributed by atoms with Gasteiger partial charge in [0.1, 0.15) is 5.82 Å². The number of nitrogens with one attached hydrogen (secondary N) is 1. The smallest absolute Gasteiger partial charge is 0.123 e. The van der Waals surface area contributed by atoms with Gasteiger partial charge in [-0.25, -0.2) is 4.39 Å². The average molecular weight is 302 g/mol. The van der Waals surface area contributed by atoms with Gasteiger partial charge in [0.25, 0.3) is 0 Å². The quantitative estimate of drug-likeness (QED) is 0.797. The fourth-order valence-electron chi connectivity index (χ4n) is 2.04. The fraction of sp³-hybridized carbons (Fsp3) is 0.571. The standard InChI is InChI=1S/C14H21BrFN/c1-3-5-11(10-17-4-2)8-12-9-13(16)6-7-14(12)15/h6-7,9,11,17H,3-5,8,10H2,1-2H3. The number of halogens is 2. The summed E-state index contributed by atoms with van der Waals surface area (Å²) in [6.45, 7) is 6.30. The second kappa shape index (κ2) is 7.83. The van der Waals surface area contributed by atoms with E-state index in [1.807, 2.05) is 0 Å². The molecule has 1 unspecified atom stereocenters. The Morgan fingerprint density at radius 2 is 2.12 bits per heavy atom. The zero-order chi connectivity index (χ0) is 12.7. The first-order chi connectivity index (χ1) is 8.17. The molecule has 1 nitrogen and oxygen atoms in total. The van der Waals surface area contributed by atoms with E-state index in [1.165, 1.54) is 18.9 Å². The molecule has 1 N–H and O–H groups in total. The Morgan fingerprint density at radius 1 is 1.35 bits per heavy atom. The zero-order valence-electron chi connectivity index (χ0n) is 10.6. The molecular formula is C14H21BrFN. The molecule has 0 aliphatic carbocycles. The first-order valence-electron chi connectivity index (χ1n) is 6.32. The zero-order valence-corrected chi connectivity index (χ0v) is 12.2. The van der Waals surface area contributed by atoms with Gasteiger partial charge in [-0.3, -0.25) is 0 Å². The van der Waals surface area contributed by atoms with Gasteiger partial charge >= 0.3 is 0 Å². The van der Waals surface area contributed by atoms with Crippen LogP contribution in [0.3, 0.4) is 0 Å². The average Bonchev–Trinajstić information content (AvgIpc) is 2.31. The molecule has 0 spiro atoms. The Bertz CT molecular complexity index is 341. The first kappa shape index (κ1) is 14.7. The Labute approximate surface area is 112 Å². The van der Waals surface area contributed by atoms with E-state index < -0.39 is 0 Å². The molecular weight excluding hydrogens is 281 g/mol. The van der Waals surface area contributed by atoms with Crippen molar-refractivity contribution in [2.75, 3.05) is 13.1 Å². The summed E-state index contributed by atoms with van der Waals surface area (Å²) in [7, 11) is 0. The highest BCUT2D eigenvalue weighted by molar-refractivity contribution is 9.10. The van der Waals surface area contributed by atoms with E-state index in [0.29, 0.717) is 5.92 Å². The van der Waals surface area contributed by atoms with Crippen LogP contribution in [0, 0.1) is 11.7 Å². The lowest BCUT2D eigenvalue weighted by molar-refractivity contribution is 0.443. The highest BCUT2D eigenvalue weighted by atomic mass is 79.9. The van der Waals surface area contributed by atoms with E-state index in [9.17, 15) is 4.39 Å². The predicted octanol–water partition coefficient (Wildman–Crippen LogP) is 4.16. The molecule has 0 radical (unpaired) electrons. The van der Waals surface area contributed by atoms with Gasteiger partial charge in [-0.1, -0.05) is 36.2 Å². The highest BCUT2D eigenvalue weighted by Crippen LogP contribution is 2.22. The van der Waals surface area contributed by atoms with E-state index in [4.69, 9.17) is 0 Å². The molecule has 96 valence electrons. The molecule has 1 aromatic carbocycles. The van der Waals surface area contributed by atoms with Crippen LogP contribution in [0.15, 0.2) is 22.7 Å². The summed E-state index contributed by atoms with van der Waals surface area (Å²) < 4.78 is 14.2. The predicted molar refractivity (Wildman–Crippen MR) is 74.7 cm³/mol. The molecule has 0 saturated heterocycles. The number of hydrogen-bond acceptors (Lipinski definition) is 1. The number of benzene rings is 1. The van der Waals surface area contributed by atoms with Crippen molar-refractivity contribution in [1.82, 2.24) is 5.32 Å². The van der Waals surface area contributed by atoms with Crippen molar-refractivity contribution < 1.29 is 4.39 Å². The van der Waals surface area contributed by atoms with Crippen molar-refractivity contribution >= 4 is 15.9 Å². The van der Waals surface area contributed by atoms with Crippen LogP contribution in [0.25, 0.3) is 0 Å². The van der Waals surface area contributed by atoms with Crippen molar-refractivity contribution in [2.45, 2.75) is 33.1 Å². The Morgan fingerprint density at radius 3 is 2.76 bits per heavy atom. The van der Waals surface area contributed by atoms with Gasteiger partial charge in [0.2, 0.25) is 0 Å². The van der Waals surface area contributed by atoms with E-state index >= 15 is 0 Å². The van der Waals surface area contributed by atoms with Crippen LogP contribution in [0.1, 0.15) is 32.3 Å². The minimum Gasteiger partial charge on any atom is -0.317 e. The lowest BCUT2D eigenvalue weighted by atomic mass is 9.95. The second-order valence-electron chi connectivity index (χ2n) is 4.40. The summed E-state index contributed by atoms with van der Waals surface area (Å²) in [4.78, 5) is 0. The summed E-state index contributed by atoms with van der Waals surface area (Å²) in [6.07, 6.45) is 3.28. The van der Waals surface area contributed by atoms with Crippen molar-refractivity contribution in [1.29, 1.82) is 0 Å². The maximum atomic E-state index is 13.2. The molecule has 0 aromatic heterocycles. The van der Waals surface area contributed by atoms with E-state index in [1.54, 1.807) is 12.1 Å². The maximum absolute atomic E-state index is 13.2. The van der Waals surface area contributed by atoms with Crippen LogP contribution in [0.4, 0.5) is 4.39 Å². The Balaban J connectivity index is 2.67. The summed E-state index contributed by atoms with van der Waals surface area (Å²) in [5.74, 6) is 0.431. The molecule has 0 amide bonds. The summed E-state index contributed by atoms with van der Waals surface area (Å²) in [5, 5.41) is 3.38. The van der Waals surface area contributed by atoms with Gasteiger partial charge in [0.05, 0.1) is 0 Å². The van der Waals surface area contributed by atoms with Crippen molar-refractivity contribution in [3.05, 3.63) is 34.1 Å². The summed E-state index contributed by atoms with van der Waals surface area (Å²) >= 11 is 3.49. The Hall–Kier alpha value is -0.410. The van der Waals surface area contributed by atoms with Gasteiger partial charge < -0.3 is 5.32 Å². The van der Waals surface area contributed by atoms with Crippen LogP contribution in [0.5, 0.6) is 0 Å². The minimum absolute atomic E-state index is 0.151. The lowest BCUT2D eigenvalue weighted by Gasteiger charge is -2.17. The number of rotatable bonds is 7. The van der Waals surface area contributed by atoms with Crippen LogP contribution in [0.2, 0.25) is 0 Å². The molecule has 1 atom stereocenters. The SMILES string of the molecule is CCCC(CNCC)Cc1cc(F)ccc1Br. The van der Waals surface area contributed by atoms with E-state index in [0.717, 1.165) is 29.5 Å². The molecule has 0 saturated carbocycles. The van der Waals surface area contributed by atoms with Crippen molar-refractivity contribution in [3.63, 3.8) is 0 Å². The topological polar surface area (TPSA) is 12.0 Å². The van der Waals surface area contributed by atoms with Crippen LogP contribution in [-0.4, -0.2) is 13.1 Å². The molecule has 0 aliphatic heterocycles. The Kier molecular flexibility index (Phi) is 6.75. The van der Waals surface area contributed by atoms with Gasteiger partial charge in [-0.15, -0.1) is 0 Å². The lowest BCUT2D eigenvalue weighted by Crippen LogP contribution is -2.24. The third-order valence-electron chi connectivity index (χ3n) is 2.90. The molecule has 0 fully saturated rings. The van der Waals surface area contributed by atoms with Gasteiger partial charge in [-0.2, -0.15) is 0 Å². The second-order valence-corrected chi connectivity index (χ2v) is 5.26. The molecule has 0 heterocycles. The van der Waals surface area contributed by atoms with Gasteiger partial charge in [0.15, 0.2) is 0 Å². The molecule has 1 rings (SSSR count). The van der Waals surface area contributed by atoms with Crippen LogP contribution < -0.4 is 5.32 Å². The third-order valence-corrected chi connectivity index (χ3v) is 3.67. The molecule has 1 aromatic rings. The monoisotopic (exact) mass is 301 g/mol. The van der Waals surface area contributed by atoms with E-state index in [-0.39, 0.29) is 5.82 Å². The van der Waals surface area contributed by atoms with Crippen molar-refractivity contribution in [3.8, 4) is 0 Å². The molecule has 0 aliphatic rings. The van der Waals surface area contributed by atoms with Crippen molar-refractivity contribution in [2.24, 2.45) is 5.92 Å². The van der Waals surface area contributed by atoms with Crippen LogP contribution >= 0.6 is 15.9 Å². The summed E-state index contributed by atoms with van der Waals surface area (Å²) in [5.41, 5.74) is 1.07. The number of hydrogen-bond donors (Lipinski definition) is 1. The normalized spacial score (nSPS) is 12.7. The largest absolute Gasteiger partial charge is 0.317 e. The van der Waals surface area contributed by atoms with Gasteiger partial charge in [-0.05, 0) is 55.6 Å². The van der Waals surface area contributed by atoms with E-state index in [2.05, 4.69) is 35.1 Å². The third kappa shape index (κ3) is 5.17. The first-order valence-corrected chi connectivity index (χ1v) is 7.11. The maximum Gasteiger partial charge on any atom is 0.123 e. The summed E-state index contributed by atoms with van der Waals surface area (Å²) in [6, 6.07) is 4.92. The van der Waals surface area contributed by atoms with Gasteiger partial charge in [0, 0.05) is 4.47 Å². The van der Waals surface area contributed by atoms with Crippen LogP contribution in [-0.2, 0) is 6.42 Å². The minimum atomic E-state index is -0.151.